The minimum absolute atomic E-state index is 0.0890. The number of carbonyl (C=O) groups is 4. The number of carboxylic acid groups (broad SMARTS) is 1. The van der Waals surface area contributed by atoms with E-state index in [1.807, 2.05) is 19.9 Å². The standard InChI is InChI=1S/C22H32N2O6S/c1-14(2)12-16(23-21(27)18(31)10-7-11-19(25)30-3)20(26)24-17(22(28)29)13-15-8-5-4-6-9-15/h4-6,8-9,14,16-18,31H,7,10-13H2,1-3H3,(H,23,27)(H,24,26)(H,28,29). The van der Waals surface area contributed by atoms with Crippen LogP contribution in [0.3, 0.4) is 0 Å². The summed E-state index contributed by atoms with van der Waals surface area (Å²) in [4.78, 5) is 48.2. The summed E-state index contributed by atoms with van der Waals surface area (Å²) in [6.07, 6.45) is 1.42. The van der Waals surface area contributed by atoms with E-state index in [0.717, 1.165) is 5.56 Å². The van der Waals surface area contributed by atoms with E-state index in [-0.39, 0.29) is 24.7 Å². The number of hydrogen-bond acceptors (Lipinski definition) is 6. The van der Waals surface area contributed by atoms with Crippen molar-refractivity contribution in [2.75, 3.05) is 7.11 Å². The molecule has 2 amide bonds. The Bertz CT molecular complexity index is 741. The number of thiol groups is 1. The fraction of sp³-hybridized carbons (Fsp3) is 0.545. The Morgan fingerprint density at radius 1 is 1.03 bits per heavy atom. The largest absolute Gasteiger partial charge is 0.480 e. The summed E-state index contributed by atoms with van der Waals surface area (Å²) in [5, 5.41) is 14.0. The number of methoxy groups -OCH3 is 1. The van der Waals surface area contributed by atoms with Crippen molar-refractivity contribution < 1.29 is 29.0 Å². The van der Waals surface area contributed by atoms with Crippen LogP contribution >= 0.6 is 12.6 Å². The summed E-state index contributed by atoms with van der Waals surface area (Å²) in [6, 6.07) is 6.99. The van der Waals surface area contributed by atoms with Gasteiger partial charge in [-0.15, -0.1) is 0 Å². The molecule has 0 saturated heterocycles. The van der Waals surface area contributed by atoms with Crippen LogP contribution in [-0.4, -0.2) is 53.3 Å². The lowest BCUT2D eigenvalue weighted by molar-refractivity contribution is -0.142. The molecule has 1 aromatic rings. The number of carboxylic acids is 1. The minimum atomic E-state index is -1.15. The highest BCUT2D eigenvalue weighted by Crippen LogP contribution is 2.12. The fourth-order valence-electron chi connectivity index (χ4n) is 2.97. The van der Waals surface area contributed by atoms with E-state index in [0.29, 0.717) is 19.3 Å². The van der Waals surface area contributed by atoms with Gasteiger partial charge >= 0.3 is 11.9 Å². The van der Waals surface area contributed by atoms with Crippen LogP contribution in [0, 0.1) is 5.92 Å². The molecule has 0 aliphatic heterocycles. The number of aliphatic carboxylic acids is 1. The second-order valence-corrected chi connectivity index (χ2v) is 8.39. The summed E-state index contributed by atoms with van der Waals surface area (Å²) in [5.74, 6) is -2.42. The highest BCUT2D eigenvalue weighted by molar-refractivity contribution is 7.81. The third-order valence-electron chi connectivity index (χ3n) is 4.63. The van der Waals surface area contributed by atoms with Gasteiger partial charge in [0.25, 0.3) is 0 Å². The zero-order chi connectivity index (χ0) is 23.4. The Morgan fingerprint density at radius 3 is 2.19 bits per heavy atom. The summed E-state index contributed by atoms with van der Waals surface area (Å²) in [7, 11) is 1.30. The van der Waals surface area contributed by atoms with Gasteiger partial charge < -0.3 is 20.5 Å². The average Bonchev–Trinajstić information content (AvgIpc) is 2.72. The maximum absolute atomic E-state index is 12.8. The Labute approximate surface area is 188 Å². The van der Waals surface area contributed by atoms with Gasteiger partial charge in [0.15, 0.2) is 0 Å². The smallest absolute Gasteiger partial charge is 0.326 e. The molecule has 172 valence electrons. The lowest BCUT2D eigenvalue weighted by Gasteiger charge is -2.24. The number of hydrogen-bond donors (Lipinski definition) is 4. The van der Waals surface area contributed by atoms with Crippen LogP contribution in [0.1, 0.15) is 45.1 Å². The van der Waals surface area contributed by atoms with Crippen molar-refractivity contribution in [3.05, 3.63) is 35.9 Å². The fourth-order valence-corrected chi connectivity index (χ4v) is 3.22. The number of esters is 1. The summed E-state index contributed by atoms with van der Waals surface area (Å²) < 4.78 is 4.57. The van der Waals surface area contributed by atoms with Crippen LogP contribution in [0.15, 0.2) is 30.3 Å². The van der Waals surface area contributed by atoms with Gasteiger partial charge in [0.05, 0.1) is 12.4 Å². The lowest BCUT2D eigenvalue weighted by Crippen LogP contribution is -2.53. The van der Waals surface area contributed by atoms with Gasteiger partial charge in [-0.25, -0.2) is 4.79 Å². The number of nitrogens with one attached hydrogen (secondary N) is 2. The molecular weight excluding hydrogens is 420 g/mol. The maximum atomic E-state index is 12.8. The van der Waals surface area contributed by atoms with Crippen LogP contribution in [0.25, 0.3) is 0 Å². The molecule has 8 nitrogen and oxygen atoms in total. The van der Waals surface area contributed by atoms with Crippen LogP contribution in [0.5, 0.6) is 0 Å². The normalized spacial score (nSPS) is 13.7. The van der Waals surface area contributed by atoms with Crippen molar-refractivity contribution in [3.63, 3.8) is 0 Å². The van der Waals surface area contributed by atoms with E-state index in [4.69, 9.17) is 0 Å². The van der Waals surface area contributed by atoms with E-state index in [2.05, 4.69) is 28.0 Å². The molecule has 0 radical (unpaired) electrons. The number of rotatable bonds is 13. The predicted molar refractivity (Wildman–Crippen MR) is 120 cm³/mol. The predicted octanol–water partition coefficient (Wildman–Crippen LogP) is 1.97. The van der Waals surface area contributed by atoms with E-state index >= 15 is 0 Å². The molecule has 0 saturated carbocycles. The third-order valence-corrected chi connectivity index (χ3v) is 5.12. The number of ether oxygens (including phenoxy) is 1. The first-order valence-electron chi connectivity index (χ1n) is 10.3. The van der Waals surface area contributed by atoms with E-state index in [1.165, 1.54) is 7.11 Å². The third kappa shape index (κ3) is 10.3. The van der Waals surface area contributed by atoms with Gasteiger partial charge in [0.1, 0.15) is 12.1 Å². The Balaban J connectivity index is 2.75. The number of amides is 2. The van der Waals surface area contributed by atoms with Crippen LogP contribution in [-0.2, 0) is 30.3 Å². The SMILES string of the molecule is COC(=O)CCCC(S)C(=O)NC(CC(C)C)C(=O)NC(Cc1ccccc1)C(=O)O. The quantitative estimate of drug-likeness (QED) is 0.268. The van der Waals surface area contributed by atoms with Gasteiger partial charge in [-0.3, -0.25) is 14.4 Å². The number of benzene rings is 1. The Kier molecular flexibility index (Phi) is 11.7. The topological polar surface area (TPSA) is 122 Å². The highest BCUT2D eigenvalue weighted by Gasteiger charge is 2.28. The zero-order valence-corrected chi connectivity index (χ0v) is 19.1. The van der Waals surface area contributed by atoms with E-state index < -0.39 is 35.1 Å². The first-order chi connectivity index (χ1) is 14.6. The Hall–Kier alpha value is -2.55. The van der Waals surface area contributed by atoms with Crippen molar-refractivity contribution in [2.45, 2.75) is 63.3 Å². The van der Waals surface area contributed by atoms with E-state index in [9.17, 15) is 24.3 Å². The first-order valence-corrected chi connectivity index (χ1v) is 10.8. The molecule has 3 atom stereocenters. The summed E-state index contributed by atoms with van der Waals surface area (Å²) >= 11 is 4.27. The van der Waals surface area contributed by atoms with Crippen LogP contribution < -0.4 is 10.6 Å². The van der Waals surface area contributed by atoms with E-state index in [1.54, 1.807) is 24.3 Å². The molecule has 3 N–H and O–H groups in total. The second-order valence-electron chi connectivity index (χ2n) is 7.76. The molecule has 9 heteroatoms. The van der Waals surface area contributed by atoms with Crippen molar-refractivity contribution in [1.82, 2.24) is 10.6 Å². The van der Waals surface area contributed by atoms with Gasteiger partial charge in [-0.05, 0) is 30.7 Å². The molecule has 1 aromatic carbocycles. The Morgan fingerprint density at radius 2 is 1.65 bits per heavy atom. The lowest BCUT2D eigenvalue weighted by atomic mass is 10.0. The molecule has 0 aliphatic rings. The van der Waals surface area contributed by atoms with Crippen molar-refractivity contribution >= 4 is 36.4 Å². The molecule has 0 aliphatic carbocycles. The summed E-state index contributed by atoms with van der Waals surface area (Å²) in [5.41, 5.74) is 0.778. The molecule has 0 heterocycles. The first kappa shape index (κ1) is 26.5. The van der Waals surface area contributed by atoms with Crippen LogP contribution in [0.4, 0.5) is 0 Å². The second kappa shape index (κ2) is 13.7. The highest BCUT2D eigenvalue weighted by atomic mass is 32.1. The molecule has 0 aromatic heterocycles. The molecule has 3 unspecified atom stereocenters. The molecule has 0 spiro atoms. The average molecular weight is 453 g/mol. The van der Waals surface area contributed by atoms with Gasteiger partial charge in [-0.2, -0.15) is 12.6 Å². The van der Waals surface area contributed by atoms with Crippen molar-refractivity contribution in [2.24, 2.45) is 5.92 Å². The minimum Gasteiger partial charge on any atom is -0.480 e. The van der Waals surface area contributed by atoms with Crippen molar-refractivity contribution in [3.8, 4) is 0 Å². The van der Waals surface area contributed by atoms with Gasteiger partial charge in [-0.1, -0.05) is 44.2 Å². The maximum Gasteiger partial charge on any atom is 0.326 e. The van der Waals surface area contributed by atoms with Gasteiger partial charge in [0, 0.05) is 12.8 Å². The van der Waals surface area contributed by atoms with Gasteiger partial charge in [0.2, 0.25) is 11.8 Å². The molecular formula is C22H32N2O6S. The zero-order valence-electron chi connectivity index (χ0n) is 18.2. The van der Waals surface area contributed by atoms with Crippen molar-refractivity contribution in [1.29, 1.82) is 0 Å². The molecule has 31 heavy (non-hydrogen) atoms. The monoisotopic (exact) mass is 452 g/mol. The van der Waals surface area contributed by atoms with Crippen LogP contribution in [0.2, 0.25) is 0 Å². The summed E-state index contributed by atoms with van der Waals surface area (Å²) in [6.45, 7) is 3.80. The number of carbonyl (C=O) groups excluding carboxylic acids is 3. The molecule has 1 rings (SSSR count). The molecule has 0 bridgehead atoms. The molecule has 0 fully saturated rings.